The van der Waals surface area contributed by atoms with Crippen molar-refractivity contribution in [2.24, 2.45) is 5.10 Å². The summed E-state index contributed by atoms with van der Waals surface area (Å²) in [5.74, 6) is -1.55. The molecule has 7 nitrogen and oxygen atoms in total. The van der Waals surface area contributed by atoms with Gasteiger partial charge in [0.15, 0.2) is 0 Å². The van der Waals surface area contributed by atoms with Crippen molar-refractivity contribution in [1.82, 2.24) is 15.4 Å². The molecule has 9 heteroatoms. The summed E-state index contributed by atoms with van der Waals surface area (Å²) in [5.41, 5.74) is 2.80. The van der Waals surface area contributed by atoms with Gasteiger partial charge in [-0.15, -0.1) is 0 Å². The number of aromatic nitrogens is 2. The SMILES string of the molecule is C/C(CC(=O)Nc1ccc(Br)cc1F)=N\NC(=O)c1cnccn1. The lowest BCUT2D eigenvalue weighted by atomic mass is 10.2. The monoisotopic (exact) mass is 393 g/mol. The number of amides is 2. The molecule has 0 fully saturated rings. The van der Waals surface area contributed by atoms with Crippen LogP contribution in [0.1, 0.15) is 23.8 Å². The van der Waals surface area contributed by atoms with E-state index in [2.05, 4.69) is 41.7 Å². The number of nitrogens with zero attached hydrogens (tertiary/aromatic N) is 3. The van der Waals surface area contributed by atoms with Gasteiger partial charge in [-0.2, -0.15) is 5.10 Å². The summed E-state index contributed by atoms with van der Waals surface area (Å²) in [4.78, 5) is 31.2. The Kier molecular flexibility index (Phi) is 6.07. The fourth-order valence-corrected chi connectivity index (χ4v) is 2.01. The molecule has 0 aliphatic rings. The first kappa shape index (κ1) is 17.7. The molecule has 24 heavy (non-hydrogen) atoms. The molecule has 0 bridgehead atoms. The summed E-state index contributed by atoms with van der Waals surface area (Å²) in [6.07, 6.45) is 4.02. The van der Waals surface area contributed by atoms with Crippen molar-refractivity contribution in [2.75, 3.05) is 5.32 Å². The number of carbonyl (C=O) groups excluding carboxylic acids is 2. The van der Waals surface area contributed by atoms with E-state index < -0.39 is 17.6 Å². The van der Waals surface area contributed by atoms with Gasteiger partial charge >= 0.3 is 0 Å². The average molecular weight is 394 g/mol. The Balaban J connectivity index is 1.90. The Labute approximate surface area is 145 Å². The zero-order chi connectivity index (χ0) is 17.5. The number of rotatable bonds is 5. The third-order valence-electron chi connectivity index (χ3n) is 2.77. The first-order chi connectivity index (χ1) is 11.5. The lowest BCUT2D eigenvalue weighted by Crippen LogP contribution is -2.22. The second kappa shape index (κ2) is 8.25. The summed E-state index contributed by atoms with van der Waals surface area (Å²) >= 11 is 3.13. The van der Waals surface area contributed by atoms with E-state index in [0.717, 1.165) is 0 Å². The molecule has 0 spiro atoms. The van der Waals surface area contributed by atoms with Crippen molar-refractivity contribution in [3.63, 3.8) is 0 Å². The maximum absolute atomic E-state index is 13.6. The molecule has 0 radical (unpaired) electrons. The van der Waals surface area contributed by atoms with Crippen molar-refractivity contribution in [1.29, 1.82) is 0 Å². The Morgan fingerprint density at radius 3 is 2.79 bits per heavy atom. The highest BCUT2D eigenvalue weighted by Crippen LogP contribution is 2.19. The molecule has 0 atom stereocenters. The van der Waals surface area contributed by atoms with Gasteiger partial charge in [0.2, 0.25) is 5.91 Å². The van der Waals surface area contributed by atoms with Gasteiger partial charge < -0.3 is 5.32 Å². The predicted molar refractivity (Wildman–Crippen MR) is 90.0 cm³/mol. The fourth-order valence-electron chi connectivity index (χ4n) is 1.68. The first-order valence-corrected chi connectivity index (χ1v) is 7.59. The van der Waals surface area contributed by atoms with Crippen LogP contribution in [0.15, 0.2) is 46.4 Å². The van der Waals surface area contributed by atoms with E-state index in [4.69, 9.17) is 0 Å². The van der Waals surface area contributed by atoms with E-state index in [-0.39, 0.29) is 17.8 Å². The first-order valence-electron chi connectivity index (χ1n) is 6.80. The van der Waals surface area contributed by atoms with E-state index in [1.54, 1.807) is 13.0 Å². The van der Waals surface area contributed by atoms with Gasteiger partial charge in [-0.05, 0) is 25.1 Å². The minimum atomic E-state index is -0.553. The topological polar surface area (TPSA) is 96.3 Å². The van der Waals surface area contributed by atoms with Crippen molar-refractivity contribution in [2.45, 2.75) is 13.3 Å². The van der Waals surface area contributed by atoms with Gasteiger partial charge in [-0.1, -0.05) is 15.9 Å². The normalized spacial score (nSPS) is 11.0. The summed E-state index contributed by atoms with van der Waals surface area (Å²) in [7, 11) is 0. The third kappa shape index (κ3) is 5.20. The molecule has 0 aliphatic carbocycles. The Hall–Kier alpha value is -2.68. The van der Waals surface area contributed by atoms with Gasteiger partial charge in [0, 0.05) is 22.6 Å². The van der Waals surface area contributed by atoms with Crippen molar-refractivity contribution >= 4 is 39.1 Å². The summed E-state index contributed by atoms with van der Waals surface area (Å²) < 4.78 is 14.2. The van der Waals surface area contributed by atoms with Gasteiger partial charge in [0.25, 0.3) is 5.91 Å². The smallest absolute Gasteiger partial charge is 0.291 e. The van der Waals surface area contributed by atoms with Gasteiger partial charge in [-0.25, -0.2) is 14.8 Å². The molecule has 0 aliphatic heterocycles. The van der Waals surface area contributed by atoms with E-state index in [0.29, 0.717) is 10.2 Å². The predicted octanol–water partition coefficient (Wildman–Crippen LogP) is 2.51. The molecule has 0 saturated carbocycles. The van der Waals surface area contributed by atoms with Crippen LogP contribution < -0.4 is 10.7 Å². The number of hydrogen-bond donors (Lipinski definition) is 2. The van der Waals surface area contributed by atoms with Crippen LogP contribution in [0.5, 0.6) is 0 Å². The minimum absolute atomic E-state index is 0.0691. The molecule has 2 N–H and O–H groups in total. The lowest BCUT2D eigenvalue weighted by Gasteiger charge is -2.07. The maximum Gasteiger partial charge on any atom is 0.291 e. The molecular weight excluding hydrogens is 381 g/mol. The second-order valence-electron chi connectivity index (χ2n) is 4.73. The number of halogens is 2. The summed E-state index contributed by atoms with van der Waals surface area (Å²) in [5, 5.41) is 6.24. The van der Waals surface area contributed by atoms with E-state index >= 15 is 0 Å². The third-order valence-corrected chi connectivity index (χ3v) is 3.26. The molecule has 2 aromatic rings. The quantitative estimate of drug-likeness (QED) is 0.602. The van der Waals surface area contributed by atoms with E-state index in [9.17, 15) is 14.0 Å². The fraction of sp³-hybridized carbons (Fsp3) is 0.133. The number of hydrogen-bond acceptors (Lipinski definition) is 5. The molecule has 2 amide bonds. The zero-order valence-electron chi connectivity index (χ0n) is 12.6. The van der Waals surface area contributed by atoms with Crippen molar-refractivity contribution in [3.8, 4) is 0 Å². The summed E-state index contributed by atoms with van der Waals surface area (Å²) in [6.45, 7) is 1.56. The number of nitrogens with one attached hydrogen (secondary N) is 2. The minimum Gasteiger partial charge on any atom is -0.323 e. The van der Waals surface area contributed by atoms with Crippen LogP contribution in [0.4, 0.5) is 10.1 Å². The molecule has 2 rings (SSSR count). The van der Waals surface area contributed by atoms with Crippen LogP contribution >= 0.6 is 15.9 Å². The Morgan fingerprint density at radius 2 is 2.12 bits per heavy atom. The van der Waals surface area contributed by atoms with Crippen LogP contribution in [0.25, 0.3) is 0 Å². The van der Waals surface area contributed by atoms with Crippen LogP contribution in [0.3, 0.4) is 0 Å². The highest BCUT2D eigenvalue weighted by molar-refractivity contribution is 9.10. The number of anilines is 1. The van der Waals surface area contributed by atoms with Crippen molar-refractivity contribution < 1.29 is 14.0 Å². The average Bonchev–Trinajstić information content (AvgIpc) is 2.56. The largest absolute Gasteiger partial charge is 0.323 e. The Morgan fingerprint density at radius 1 is 1.33 bits per heavy atom. The van der Waals surface area contributed by atoms with Crippen LogP contribution in [0, 0.1) is 5.82 Å². The summed E-state index contributed by atoms with van der Waals surface area (Å²) in [6, 6.07) is 4.30. The number of hydrazone groups is 1. The highest BCUT2D eigenvalue weighted by Gasteiger charge is 2.10. The molecule has 0 unspecified atom stereocenters. The van der Waals surface area contributed by atoms with Crippen LogP contribution in [-0.2, 0) is 4.79 Å². The number of carbonyl (C=O) groups is 2. The second-order valence-corrected chi connectivity index (χ2v) is 5.64. The van der Waals surface area contributed by atoms with Gasteiger partial charge in [-0.3, -0.25) is 14.6 Å². The lowest BCUT2D eigenvalue weighted by molar-refractivity contribution is -0.115. The number of benzene rings is 1. The molecule has 1 aromatic heterocycles. The highest BCUT2D eigenvalue weighted by atomic mass is 79.9. The van der Waals surface area contributed by atoms with Crippen LogP contribution in [-0.4, -0.2) is 27.5 Å². The van der Waals surface area contributed by atoms with Gasteiger partial charge in [0.05, 0.1) is 18.3 Å². The molecule has 1 aromatic carbocycles. The molecular formula is C15H13BrFN5O2. The van der Waals surface area contributed by atoms with Gasteiger partial charge in [0.1, 0.15) is 11.5 Å². The molecule has 124 valence electrons. The maximum atomic E-state index is 13.6. The van der Waals surface area contributed by atoms with E-state index in [1.165, 1.54) is 30.7 Å². The molecule has 0 saturated heterocycles. The van der Waals surface area contributed by atoms with Crippen molar-refractivity contribution in [3.05, 3.63) is 52.8 Å². The standard InChI is InChI=1S/C15H13BrFN5O2/c1-9(21-22-15(24)13-8-18-4-5-19-13)6-14(23)20-12-3-2-10(16)7-11(12)17/h2-5,7-8H,6H2,1H3,(H,20,23)(H,22,24)/b21-9+. The zero-order valence-corrected chi connectivity index (χ0v) is 14.2. The molecule has 1 heterocycles. The van der Waals surface area contributed by atoms with E-state index in [1.807, 2.05) is 0 Å². The Bertz CT molecular complexity index is 783. The van der Waals surface area contributed by atoms with Crippen LogP contribution in [0.2, 0.25) is 0 Å².